The van der Waals surface area contributed by atoms with E-state index in [0.717, 1.165) is 11.3 Å². The second kappa shape index (κ2) is 8.94. The first-order valence-electron chi connectivity index (χ1n) is 8.79. The lowest BCUT2D eigenvalue weighted by Gasteiger charge is -2.09. The molecule has 1 N–H and O–H groups in total. The molecule has 0 radical (unpaired) electrons. The third kappa shape index (κ3) is 4.82. The summed E-state index contributed by atoms with van der Waals surface area (Å²) < 4.78 is 20.0. The highest BCUT2D eigenvalue weighted by Gasteiger charge is 2.08. The number of nitrogens with one attached hydrogen (secondary N) is 1. The molecule has 0 aliphatic rings. The fraction of sp³-hybridized carbons (Fsp3) is 0.190. The Morgan fingerprint density at radius 3 is 2.57 bits per heavy atom. The number of ether oxygens (including phenoxy) is 1. The normalized spacial score (nSPS) is 10.5. The smallest absolute Gasteiger partial charge is 0.266 e. The predicted octanol–water partition coefficient (Wildman–Crippen LogP) is 2.42. The van der Waals surface area contributed by atoms with Crippen LogP contribution in [0, 0.1) is 5.82 Å². The number of nitrogens with zero attached hydrogens (tertiary/aromatic N) is 2. The van der Waals surface area contributed by atoms with E-state index < -0.39 is 5.82 Å². The Bertz CT molecular complexity index is 1020. The summed E-state index contributed by atoms with van der Waals surface area (Å²) in [6, 6.07) is 16.6. The number of aromatic nitrogens is 2. The summed E-state index contributed by atoms with van der Waals surface area (Å²) in [4.78, 5) is 24.0. The highest BCUT2D eigenvalue weighted by Crippen LogP contribution is 2.19. The number of rotatable bonds is 7. The number of carbonyl (C=O) groups is 1. The highest BCUT2D eigenvalue weighted by atomic mass is 19.1. The maximum Gasteiger partial charge on any atom is 0.266 e. The average molecular weight is 381 g/mol. The molecule has 1 amide bonds. The van der Waals surface area contributed by atoms with Crippen LogP contribution in [0.25, 0.3) is 11.3 Å². The average Bonchev–Trinajstić information content (AvgIpc) is 2.71. The predicted molar refractivity (Wildman–Crippen MR) is 104 cm³/mol. The number of hydrogen-bond acceptors (Lipinski definition) is 4. The van der Waals surface area contributed by atoms with Gasteiger partial charge in [0.05, 0.1) is 25.8 Å². The third-order valence-electron chi connectivity index (χ3n) is 4.21. The highest BCUT2D eigenvalue weighted by molar-refractivity contribution is 5.78. The minimum absolute atomic E-state index is 0.0547. The van der Waals surface area contributed by atoms with Gasteiger partial charge in [-0.15, -0.1) is 0 Å². The quantitative estimate of drug-likeness (QED) is 0.682. The molecule has 3 aromatic rings. The fourth-order valence-corrected chi connectivity index (χ4v) is 2.70. The Morgan fingerprint density at radius 2 is 1.86 bits per heavy atom. The van der Waals surface area contributed by atoms with Gasteiger partial charge in [-0.3, -0.25) is 9.59 Å². The first kappa shape index (κ1) is 19.3. The molecule has 0 atom stereocenters. The van der Waals surface area contributed by atoms with Gasteiger partial charge in [0, 0.05) is 18.2 Å². The molecule has 0 aliphatic carbocycles. The van der Waals surface area contributed by atoms with Gasteiger partial charge in [0.25, 0.3) is 5.56 Å². The number of benzene rings is 2. The Labute approximate surface area is 161 Å². The zero-order valence-corrected chi connectivity index (χ0v) is 15.4. The van der Waals surface area contributed by atoms with E-state index in [2.05, 4.69) is 10.4 Å². The number of hydrogen-bond donors (Lipinski definition) is 1. The zero-order valence-electron chi connectivity index (χ0n) is 15.4. The van der Waals surface area contributed by atoms with Gasteiger partial charge < -0.3 is 10.1 Å². The van der Waals surface area contributed by atoms with Crippen LogP contribution in [-0.4, -0.2) is 29.3 Å². The number of halogens is 1. The molecule has 0 saturated heterocycles. The summed E-state index contributed by atoms with van der Waals surface area (Å²) in [6.07, 6.45) is -0.0547. The SMILES string of the molecule is COc1ccc(-c2ccc(=O)n(CCNC(=O)Cc3ccccc3F)n2)cc1. The van der Waals surface area contributed by atoms with Crippen LogP contribution in [0.1, 0.15) is 5.56 Å². The van der Waals surface area contributed by atoms with Gasteiger partial charge in [-0.05, 0) is 42.0 Å². The molecular formula is C21H20FN3O3. The fourth-order valence-electron chi connectivity index (χ4n) is 2.70. The van der Waals surface area contributed by atoms with Crippen LogP contribution >= 0.6 is 0 Å². The summed E-state index contributed by atoms with van der Waals surface area (Å²) in [5.41, 5.74) is 1.55. The topological polar surface area (TPSA) is 73.2 Å². The summed E-state index contributed by atoms with van der Waals surface area (Å²) in [5, 5.41) is 7.03. The minimum Gasteiger partial charge on any atom is -0.497 e. The molecule has 1 aromatic heterocycles. The van der Waals surface area contributed by atoms with Crippen molar-refractivity contribution >= 4 is 5.91 Å². The van der Waals surface area contributed by atoms with Gasteiger partial charge in [0.2, 0.25) is 5.91 Å². The lowest BCUT2D eigenvalue weighted by molar-refractivity contribution is -0.120. The molecule has 1 heterocycles. The largest absolute Gasteiger partial charge is 0.497 e. The molecular weight excluding hydrogens is 361 g/mol. The minimum atomic E-state index is -0.414. The van der Waals surface area contributed by atoms with Crippen molar-refractivity contribution < 1.29 is 13.9 Å². The van der Waals surface area contributed by atoms with Crippen LogP contribution in [0.5, 0.6) is 5.75 Å². The van der Waals surface area contributed by atoms with Crippen LogP contribution in [0.2, 0.25) is 0 Å². The van der Waals surface area contributed by atoms with E-state index in [4.69, 9.17) is 4.74 Å². The second-order valence-corrected chi connectivity index (χ2v) is 6.13. The molecule has 0 saturated carbocycles. The maximum absolute atomic E-state index is 13.6. The van der Waals surface area contributed by atoms with Crippen LogP contribution in [0.15, 0.2) is 65.5 Å². The van der Waals surface area contributed by atoms with Crippen molar-refractivity contribution in [3.05, 3.63) is 82.4 Å². The first-order chi connectivity index (χ1) is 13.6. The van der Waals surface area contributed by atoms with Crippen molar-refractivity contribution in [1.82, 2.24) is 15.1 Å². The van der Waals surface area contributed by atoms with Crippen LogP contribution in [-0.2, 0) is 17.8 Å². The van der Waals surface area contributed by atoms with Crippen LogP contribution in [0.3, 0.4) is 0 Å². The van der Waals surface area contributed by atoms with Crippen molar-refractivity contribution in [3.8, 4) is 17.0 Å². The van der Waals surface area contributed by atoms with Crippen molar-refractivity contribution in [3.63, 3.8) is 0 Å². The number of amides is 1. The second-order valence-electron chi connectivity index (χ2n) is 6.13. The molecule has 0 bridgehead atoms. The van der Waals surface area contributed by atoms with E-state index in [9.17, 15) is 14.0 Å². The summed E-state index contributed by atoms with van der Waals surface area (Å²) in [6.45, 7) is 0.429. The number of carbonyl (C=O) groups excluding carboxylic acids is 1. The van der Waals surface area contributed by atoms with Crippen LogP contribution in [0.4, 0.5) is 4.39 Å². The van der Waals surface area contributed by atoms with E-state index in [1.54, 1.807) is 31.4 Å². The van der Waals surface area contributed by atoms with Gasteiger partial charge in [-0.2, -0.15) is 5.10 Å². The van der Waals surface area contributed by atoms with E-state index in [-0.39, 0.29) is 31.0 Å². The Balaban J connectivity index is 1.61. The maximum atomic E-state index is 13.6. The molecule has 3 rings (SSSR count). The van der Waals surface area contributed by atoms with E-state index in [0.29, 0.717) is 11.3 Å². The van der Waals surface area contributed by atoms with Gasteiger partial charge in [0.15, 0.2) is 0 Å². The molecule has 144 valence electrons. The lowest BCUT2D eigenvalue weighted by Crippen LogP contribution is -2.32. The van der Waals surface area contributed by atoms with Crippen molar-refractivity contribution in [2.45, 2.75) is 13.0 Å². The molecule has 28 heavy (non-hydrogen) atoms. The van der Waals surface area contributed by atoms with Gasteiger partial charge in [0.1, 0.15) is 11.6 Å². The summed E-state index contributed by atoms with van der Waals surface area (Å²) >= 11 is 0. The Morgan fingerprint density at radius 1 is 1.11 bits per heavy atom. The molecule has 7 heteroatoms. The Kier molecular flexibility index (Phi) is 6.16. The molecule has 6 nitrogen and oxygen atoms in total. The van der Waals surface area contributed by atoms with E-state index in [1.807, 2.05) is 24.3 Å². The Hall–Kier alpha value is -3.48. The number of methoxy groups -OCH3 is 1. The van der Waals surface area contributed by atoms with Crippen molar-refractivity contribution in [2.24, 2.45) is 0 Å². The summed E-state index contributed by atoms with van der Waals surface area (Å²) in [5.74, 6) is 0.00169. The molecule has 0 fully saturated rings. The molecule has 0 unspecified atom stereocenters. The monoisotopic (exact) mass is 381 g/mol. The molecule has 2 aromatic carbocycles. The van der Waals surface area contributed by atoms with E-state index in [1.165, 1.54) is 16.8 Å². The van der Waals surface area contributed by atoms with E-state index >= 15 is 0 Å². The zero-order chi connectivity index (χ0) is 19.9. The summed E-state index contributed by atoms with van der Waals surface area (Å²) in [7, 11) is 1.59. The van der Waals surface area contributed by atoms with Gasteiger partial charge in [-0.1, -0.05) is 18.2 Å². The third-order valence-corrected chi connectivity index (χ3v) is 4.21. The molecule has 0 spiro atoms. The standard InChI is InChI=1S/C21H20FN3O3/c1-28-17-8-6-15(7-9-17)19-10-11-21(27)25(24-19)13-12-23-20(26)14-16-4-2-3-5-18(16)22/h2-11H,12-14H2,1H3,(H,23,26). The van der Waals surface area contributed by atoms with Gasteiger partial charge >= 0.3 is 0 Å². The van der Waals surface area contributed by atoms with Crippen molar-refractivity contribution in [1.29, 1.82) is 0 Å². The first-order valence-corrected chi connectivity index (χ1v) is 8.79. The van der Waals surface area contributed by atoms with Gasteiger partial charge in [-0.25, -0.2) is 9.07 Å². The lowest BCUT2D eigenvalue weighted by atomic mass is 10.1. The molecule has 0 aliphatic heterocycles. The van der Waals surface area contributed by atoms with Crippen molar-refractivity contribution in [2.75, 3.05) is 13.7 Å². The van der Waals surface area contributed by atoms with Crippen LogP contribution < -0.4 is 15.6 Å².